The first kappa shape index (κ1) is 12.6. The first-order valence-electron chi connectivity index (χ1n) is 5.69. The molecular formula is C12H17BrFN3. The minimum atomic E-state index is -0.367. The molecule has 0 spiro atoms. The Hall–Kier alpha value is -0.810. The molecule has 0 unspecified atom stereocenters. The Morgan fingerprint density at radius 1 is 1.41 bits per heavy atom. The van der Waals surface area contributed by atoms with Gasteiger partial charge in [-0.2, -0.15) is 0 Å². The van der Waals surface area contributed by atoms with Crippen LogP contribution in [0.4, 0.5) is 15.8 Å². The van der Waals surface area contributed by atoms with E-state index in [1.165, 1.54) is 0 Å². The van der Waals surface area contributed by atoms with Crippen LogP contribution in [0.1, 0.15) is 6.92 Å². The van der Waals surface area contributed by atoms with Crippen molar-refractivity contribution in [3.63, 3.8) is 0 Å². The van der Waals surface area contributed by atoms with Gasteiger partial charge < -0.3 is 15.5 Å². The molecule has 0 radical (unpaired) electrons. The smallest absolute Gasteiger partial charge is 0.162 e. The summed E-state index contributed by atoms with van der Waals surface area (Å²) in [5.41, 5.74) is 6.86. The molecule has 1 saturated heterocycles. The molecule has 0 aromatic heterocycles. The van der Waals surface area contributed by atoms with E-state index in [1.807, 2.05) is 6.07 Å². The number of nitrogen functional groups attached to an aromatic ring is 1. The topological polar surface area (TPSA) is 32.5 Å². The molecule has 1 atom stereocenters. The van der Waals surface area contributed by atoms with Gasteiger partial charge in [0, 0.05) is 25.7 Å². The third-order valence-corrected chi connectivity index (χ3v) is 4.02. The molecule has 2 N–H and O–H groups in total. The van der Waals surface area contributed by atoms with E-state index in [1.54, 1.807) is 6.07 Å². The molecule has 1 aromatic carbocycles. The van der Waals surface area contributed by atoms with Crippen molar-refractivity contribution in [2.45, 2.75) is 13.0 Å². The van der Waals surface area contributed by atoms with Crippen LogP contribution >= 0.6 is 15.9 Å². The Kier molecular flexibility index (Phi) is 3.58. The van der Waals surface area contributed by atoms with Crippen LogP contribution in [-0.2, 0) is 0 Å². The van der Waals surface area contributed by atoms with Crippen molar-refractivity contribution in [3.8, 4) is 0 Å². The van der Waals surface area contributed by atoms with Gasteiger partial charge in [-0.05, 0) is 42.0 Å². The van der Waals surface area contributed by atoms with Crippen LogP contribution in [0.2, 0.25) is 0 Å². The summed E-state index contributed by atoms with van der Waals surface area (Å²) in [5.74, 6) is -0.367. The average Bonchev–Trinajstić information content (AvgIpc) is 2.30. The standard InChI is InChI=1S/C12H17BrFN3/c1-8-7-17(6-5-16(8)2)10-4-3-9(13)11(14)12(10)15/h3-4,8H,5-7,15H2,1-2H3/t8-/m0/s1. The van der Waals surface area contributed by atoms with E-state index in [0.29, 0.717) is 10.5 Å². The normalized spacial score (nSPS) is 21.9. The fourth-order valence-corrected chi connectivity index (χ4v) is 2.44. The zero-order chi connectivity index (χ0) is 12.6. The van der Waals surface area contributed by atoms with E-state index in [0.717, 1.165) is 25.3 Å². The van der Waals surface area contributed by atoms with Gasteiger partial charge in [0.1, 0.15) is 0 Å². The van der Waals surface area contributed by atoms with E-state index >= 15 is 0 Å². The lowest BCUT2D eigenvalue weighted by Crippen LogP contribution is -2.50. The van der Waals surface area contributed by atoms with Crippen molar-refractivity contribution in [1.82, 2.24) is 4.90 Å². The molecule has 0 bridgehead atoms. The molecule has 1 aromatic rings. The molecule has 0 saturated carbocycles. The largest absolute Gasteiger partial charge is 0.395 e. The molecule has 1 aliphatic rings. The summed E-state index contributed by atoms with van der Waals surface area (Å²) < 4.78 is 14.1. The van der Waals surface area contributed by atoms with Gasteiger partial charge in [0.15, 0.2) is 5.82 Å². The number of hydrogen-bond donors (Lipinski definition) is 1. The highest BCUT2D eigenvalue weighted by atomic mass is 79.9. The quantitative estimate of drug-likeness (QED) is 0.808. The highest BCUT2D eigenvalue weighted by molar-refractivity contribution is 9.10. The maximum atomic E-state index is 13.7. The van der Waals surface area contributed by atoms with Crippen molar-refractivity contribution in [2.75, 3.05) is 37.3 Å². The second kappa shape index (κ2) is 4.82. The van der Waals surface area contributed by atoms with Gasteiger partial charge in [-0.25, -0.2) is 4.39 Å². The SMILES string of the molecule is C[C@H]1CN(c2ccc(Br)c(F)c2N)CCN1C. The van der Waals surface area contributed by atoms with Crippen LogP contribution in [0.25, 0.3) is 0 Å². The molecule has 1 aliphatic heterocycles. The molecule has 94 valence electrons. The molecule has 0 amide bonds. The monoisotopic (exact) mass is 301 g/mol. The molecule has 0 aliphatic carbocycles. The summed E-state index contributed by atoms with van der Waals surface area (Å²) in [4.78, 5) is 4.44. The number of likely N-dealkylation sites (N-methyl/N-ethyl adjacent to an activating group) is 1. The minimum absolute atomic E-state index is 0.233. The van der Waals surface area contributed by atoms with Gasteiger partial charge in [-0.1, -0.05) is 0 Å². The number of halogens is 2. The van der Waals surface area contributed by atoms with Crippen molar-refractivity contribution >= 4 is 27.3 Å². The Balaban J connectivity index is 2.26. The third-order valence-electron chi connectivity index (χ3n) is 3.41. The van der Waals surface area contributed by atoms with Gasteiger partial charge in [-0.15, -0.1) is 0 Å². The van der Waals surface area contributed by atoms with E-state index in [2.05, 4.69) is 39.7 Å². The second-order valence-electron chi connectivity index (χ2n) is 4.57. The average molecular weight is 302 g/mol. The van der Waals surface area contributed by atoms with Crippen molar-refractivity contribution < 1.29 is 4.39 Å². The number of nitrogens with zero attached hydrogens (tertiary/aromatic N) is 2. The first-order valence-corrected chi connectivity index (χ1v) is 6.48. The lowest BCUT2D eigenvalue weighted by atomic mass is 10.1. The zero-order valence-electron chi connectivity index (χ0n) is 10.1. The van der Waals surface area contributed by atoms with Crippen LogP contribution in [0.3, 0.4) is 0 Å². The maximum Gasteiger partial charge on any atom is 0.162 e. The summed E-state index contributed by atoms with van der Waals surface area (Å²) in [7, 11) is 2.10. The van der Waals surface area contributed by atoms with Gasteiger partial charge in [-0.3, -0.25) is 0 Å². The second-order valence-corrected chi connectivity index (χ2v) is 5.42. The lowest BCUT2D eigenvalue weighted by Gasteiger charge is -2.39. The Morgan fingerprint density at radius 2 is 2.12 bits per heavy atom. The zero-order valence-corrected chi connectivity index (χ0v) is 11.7. The Morgan fingerprint density at radius 3 is 2.76 bits per heavy atom. The van der Waals surface area contributed by atoms with Gasteiger partial charge >= 0.3 is 0 Å². The highest BCUT2D eigenvalue weighted by Crippen LogP contribution is 2.31. The van der Waals surface area contributed by atoms with Crippen molar-refractivity contribution in [3.05, 3.63) is 22.4 Å². The van der Waals surface area contributed by atoms with Crippen LogP contribution < -0.4 is 10.6 Å². The molecule has 3 nitrogen and oxygen atoms in total. The van der Waals surface area contributed by atoms with Gasteiger partial charge in [0.2, 0.25) is 0 Å². The fraction of sp³-hybridized carbons (Fsp3) is 0.500. The van der Waals surface area contributed by atoms with Crippen LogP contribution in [0.15, 0.2) is 16.6 Å². The summed E-state index contributed by atoms with van der Waals surface area (Å²) in [6.45, 7) is 4.89. The Labute approximate surface area is 110 Å². The minimum Gasteiger partial charge on any atom is -0.395 e. The van der Waals surface area contributed by atoms with E-state index in [4.69, 9.17) is 5.73 Å². The number of hydrogen-bond acceptors (Lipinski definition) is 3. The number of piperazine rings is 1. The summed E-state index contributed by atoms with van der Waals surface area (Å²) in [6.07, 6.45) is 0. The van der Waals surface area contributed by atoms with E-state index < -0.39 is 0 Å². The summed E-state index contributed by atoms with van der Waals surface area (Å²) in [5, 5.41) is 0. The molecule has 1 fully saturated rings. The maximum absolute atomic E-state index is 13.7. The molecule has 17 heavy (non-hydrogen) atoms. The van der Waals surface area contributed by atoms with Crippen LogP contribution in [0.5, 0.6) is 0 Å². The predicted octanol–water partition coefficient (Wildman–Crippen LogP) is 2.31. The molecular weight excluding hydrogens is 285 g/mol. The van der Waals surface area contributed by atoms with Crippen molar-refractivity contribution in [2.24, 2.45) is 0 Å². The summed E-state index contributed by atoms with van der Waals surface area (Å²) >= 11 is 3.14. The number of rotatable bonds is 1. The molecule has 5 heteroatoms. The number of anilines is 2. The molecule has 2 rings (SSSR count). The number of benzene rings is 1. The van der Waals surface area contributed by atoms with Crippen molar-refractivity contribution in [1.29, 1.82) is 0 Å². The molecule has 1 heterocycles. The third kappa shape index (κ3) is 2.40. The van der Waals surface area contributed by atoms with Crippen LogP contribution in [-0.4, -0.2) is 37.6 Å². The highest BCUT2D eigenvalue weighted by Gasteiger charge is 2.23. The van der Waals surface area contributed by atoms with Crippen LogP contribution in [0, 0.1) is 5.82 Å². The van der Waals surface area contributed by atoms with E-state index in [9.17, 15) is 4.39 Å². The van der Waals surface area contributed by atoms with E-state index in [-0.39, 0.29) is 11.5 Å². The lowest BCUT2D eigenvalue weighted by molar-refractivity contribution is 0.234. The fourth-order valence-electron chi connectivity index (χ4n) is 2.10. The summed E-state index contributed by atoms with van der Waals surface area (Å²) in [6, 6.07) is 4.04. The first-order chi connectivity index (χ1) is 8.00. The predicted molar refractivity (Wildman–Crippen MR) is 72.8 cm³/mol. The van der Waals surface area contributed by atoms with Gasteiger partial charge in [0.25, 0.3) is 0 Å². The van der Waals surface area contributed by atoms with Gasteiger partial charge in [0.05, 0.1) is 15.8 Å². The Bertz CT molecular complexity index is 424. The number of nitrogens with two attached hydrogens (primary N) is 1.